The molecular weight excluding hydrogens is 408 g/mol. The number of benzene rings is 1. The predicted molar refractivity (Wildman–Crippen MR) is 140 cm³/mol. The fourth-order valence-corrected chi connectivity index (χ4v) is 9.15. The van der Waals surface area contributed by atoms with Gasteiger partial charge in [-0.1, -0.05) is 66.8 Å². The van der Waals surface area contributed by atoms with Crippen molar-refractivity contribution in [1.82, 2.24) is 0 Å². The van der Waals surface area contributed by atoms with E-state index < -0.39 is 0 Å². The van der Waals surface area contributed by atoms with Crippen LogP contribution in [0.4, 0.5) is 0 Å². The van der Waals surface area contributed by atoms with Gasteiger partial charge in [-0.25, -0.2) is 0 Å². The highest BCUT2D eigenvalue weighted by atomic mass is 14.5. The lowest BCUT2D eigenvalue weighted by atomic mass is 9.51. The lowest BCUT2D eigenvalue weighted by molar-refractivity contribution is 0.293. The number of fused-ring (bicyclic) bond motifs is 4. The quantitative estimate of drug-likeness (QED) is 0.381. The molecule has 0 saturated carbocycles. The van der Waals surface area contributed by atoms with Crippen LogP contribution in [-0.4, -0.2) is 0 Å². The van der Waals surface area contributed by atoms with Crippen molar-refractivity contribution in [2.75, 3.05) is 0 Å². The summed E-state index contributed by atoms with van der Waals surface area (Å²) in [5, 5.41) is 0. The normalized spacial score (nSPS) is 35.1. The van der Waals surface area contributed by atoms with Gasteiger partial charge in [0.05, 0.1) is 0 Å². The van der Waals surface area contributed by atoms with E-state index in [1.54, 1.807) is 55.7 Å². The Morgan fingerprint density at radius 3 is 2.59 bits per heavy atom. The highest BCUT2D eigenvalue weighted by Crippen LogP contribution is 2.64. The molecule has 0 nitrogen and oxygen atoms in total. The Morgan fingerprint density at radius 2 is 1.62 bits per heavy atom. The van der Waals surface area contributed by atoms with Crippen molar-refractivity contribution < 1.29 is 0 Å². The molecule has 34 heavy (non-hydrogen) atoms. The van der Waals surface area contributed by atoms with Crippen LogP contribution in [-0.2, 0) is 0 Å². The fraction of sp³-hybridized carbons (Fsp3) is 0.353. The van der Waals surface area contributed by atoms with Crippen molar-refractivity contribution in [2.45, 2.75) is 56.8 Å². The molecule has 0 fully saturated rings. The summed E-state index contributed by atoms with van der Waals surface area (Å²) in [5.74, 6) is 3.27. The molecule has 0 aliphatic heterocycles. The molecule has 0 radical (unpaired) electrons. The molecule has 9 rings (SSSR count). The second-order valence-electron chi connectivity index (χ2n) is 11.7. The van der Waals surface area contributed by atoms with Crippen LogP contribution >= 0.6 is 0 Å². The molecule has 5 unspecified atom stereocenters. The first-order chi connectivity index (χ1) is 16.9. The van der Waals surface area contributed by atoms with E-state index in [0.29, 0.717) is 23.7 Å². The summed E-state index contributed by atoms with van der Waals surface area (Å²) in [6, 6.07) is 5.07. The number of allylic oxidation sites excluding steroid dienone is 16. The molecular formula is C34H30. The highest BCUT2D eigenvalue weighted by molar-refractivity contribution is 5.85. The zero-order chi connectivity index (χ0) is 22.0. The Bertz CT molecular complexity index is 1440. The van der Waals surface area contributed by atoms with Crippen LogP contribution in [0.2, 0.25) is 0 Å². The smallest absolute Gasteiger partial charge is 0.0167 e. The van der Waals surface area contributed by atoms with E-state index >= 15 is 0 Å². The van der Waals surface area contributed by atoms with Gasteiger partial charge in [0.2, 0.25) is 0 Å². The van der Waals surface area contributed by atoms with Gasteiger partial charge in [0.15, 0.2) is 0 Å². The lowest BCUT2D eigenvalue weighted by Crippen LogP contribution is -2.41. The minimum Gasteiger partial charge on any atom is -0.0839 e. The van der Waals surface area contributed by atoms with Crippen molar-refractivity contribution in [1.29, 1.82) is 0 Å². The van der Waals surface area contributed by atoms with Gasteiger partial charge in [0.1, 0.15) is 0 Å². The molecule has 0 amide bonds. The van der Waals surface area contributed by atoms with E-state index in [1.807, 2.05) is 0 Å². The van der Waals surface area contributed by atoms with Crippen LogP contribution in [0.3, 0.4) is 0 Å². The van der Waals surface area contributed by atoms with Gasteiger partial charge in [0, 0.05) is 11.8 Å². The summed E-state index contributed by atoms with van der Waals surface area (Å²) >= 11 is 0. The minimum atomic E-state index is 0.569. The highest BCUT2D eigenvalue weighted by Gasteiger charge is 2.51. The zero-order valence-electron chi connectivity index (χ0n) is 19.7. The second kappa shape index (κ2) is 6.42. The number of hydrogen-bond acceptors (Lipinski definition) is 0. The van der Waals surface area contributed by atoms with E-state index in [-0.39, 0.29) is 0 Å². The molecule has 0 heteroatoms. The zero-order valence-corrected chi connectivity index (χ0v) is 19.7. The van der Waals surface area contributed by atoms with Crippen LogP contribution in [0, 0.1) is 17.8 Å². The Labute approximate surface area is 202 Å². The molecule has 0 heterocycles. The minimum absolute atomic E-state index is 0.569. The third-order valence-corrected chi connectivity index (χ3v) is 10.4. The van der Waals surface area contributed by atoms with Gasteiger partial charge in [-0.05, 0) is 124 Å². The van der Waals surface area contributed by atoms with Crippen molar-refractivity contribution in [3.8, 4) is 0 Å². The van der Waals surface area contributed by atoms with E-state index in [1.165, 1.54) is 50.5 Å². The van der Waals surface area contributed by atoms with E-state index in [9.17, 15) is 0 Å². The Balaban J connectivity index is 1.30. The van der Waals surface area contributed by atoms with Gasteiger partial charge >= 0.3 is 0 Å². The van der Waals surface area contributed by atoms with Crippen molar-refractivity contribution in [3.63, 3.8) is 0 Å². The monoisotopic (exact) mass is 438 g/mol. The maximum absolute atomic E-state index is 2.63. The van der Waals surface area contributed by atoms with Crippen molar-refractivity contribution in [2.24, 2.45) is 17.8 Å². The Hall–Kier alpha value is -2.86. The maximum Gasteiger partial charge on any atom is 0.0167 e. The molecule has 0 bridgehead atoms. The van der Waals surface area contributed by atoms with Gasteiger partial charge < -0.3 is 0 Å². The maximum atomic E-state index is 2.63. The largest absolute Gasteiger partial charge is 0.0839 e. The summed E-state index contributed by atoms with van der Waals surface area (Å²) < 4.78 is 0. The van der Waals surface area contributed by atoms with Crippen molar-refractivity contribution >= 4 is 11.1 Å². The first kappa shape index (κ1) is 18.5. The Kier molecular flexibility index (Phi) is 3.49. The van der Waals surface area contributed by atoms with Gasteiger partial charge in [-0.15, -0.1) is 0 Å². The number of rotatable bonds is 0. The van der Waals surface area contributed by atoms with Gasteiger partial charge in [-0.3, -0.25) is 0 Å². The fourth-order valence-electron chi connectivity index (χ4n) is 9.15. The molecule has 0 spiro atoms. The van der Waals surface area contributed by atoms with E-state index in [0.717, 1.165) is 5.92 Å². The molecule has 0 saturated heterocycles. The lowest BCUT2D eigenvalue weighted by Gasteiger charge is -2.53. The molecule has 1 aromatic carbocycles. The second-order valence-corrected chi connectivity index (χ2v) is 11.7. The molecule has 8 aliphatic carbocycles. The molecule has 1 aromatic rings. The average molecular weight is 439 g/mol. The van der Waals surface area contributed by atoms with Crippen LogP contribution in [0.1, 0.15) is 79.0 Å². The third-order valence-electron chi connectivity index (χ3n) is 10.4. The van der Waals surface area contributed by atoms with E-state index in [4.69, 9.17) is 0 Å². The summed E-state index contributed by atoms with van der Waals surface area (Å²) in [6.07, 6.45) is 31.2. The number of hydrogen-bond donors (Lipinski definition) is 0. The average Bonchev–Trinajstić information content (AvgIpc) is 2.90. The van der Waals surface area contributed by atoms with E-state index in [2.05, 4.69) is 66.8 Å². The summed E-state index contributed by atoms with van der Waals surface area (Å²) in [4.78, 5) is 0. The SMILES string of the molecule is C1=CC2=C(CC1)C1=CC=C3c4ccc5c6c4C(CCC6CC4=C5CCC=C4)C4C=CC(=C2)C1C34. The standard InChI is InChI=1S/C34H30/c1-3-7-23-19(5-1)17-21-9-11-27-28-12-10-22-18-20-6-2-4-8-24(20)26-14-16-30(34(28)32(22)26)29-15-13-25(23)31(21)33(27)29/h1-2,5-6,9,11,13-17,22,27-28,31,33H,3-4,7-8,10,12,18H2. The van der Waals surface area contributed by atoms with Gasteiger partial charge in [-0.2, -0.15) is 0 Å². The van der Waals surface area contributed by atoms with Crippen LogP contribution in [0.15, 0.2) is 94.7 Å². The summed E-state index contributed by atoms with van der Waals surface area (Å²) in [5.41, 5.74) is 18.0. The molecule has 0 aromatic heterocycles. The van der Waals surface area contributed by atoms with Gasteiger partial charge in [0.25, 0.3) is 0 Å². The Morgan fingerprint density at radius 1 is 0.765 bits per heavy atom. The molecule has 166 valence electrons. The first-order valence-electron chi connectivity index (χ1n) is 13.6. The topological polar surface area (TPSA) is 0 Å². The molecule has 8 aliphatic rings. The summed E-state index contributed by atoms with van der Waals surface area (Å²) in [7, 11) is 0. The van der Waals surface area contributed by atoms with Crippen molar-refractivity contribution in [3.05, 3.63) is 117 Å². The molecule has 0 N–H and O–H groups in total. The predicted octanol–water partition coefficient (Wildman–Crippen LogP) is 8.50. The first-order valence-corrected chi connectivity index (χ1v) is 13.6. The molecule has 5 atom stereocenters. The summed E-state index contributed by atoms with van der Waals surface area (Å²) in [6.45, 7) is 0. The van der Waals surface area contributed by atoms with Crippen LogP contribution in [0.25, 0.3) is 11.1 Å². The third kappa shape index (κ3) is 2.17. The van der Waals surface area contributed by atoms with Crippen LogP contribution in [0.5, 0.6) is 0 Å². The van der Waals surface area contributed by atoms with Crippen LogP contribution < -0.4 is 0 Å².